The van der Waals surface area contributed by atoms with Crippen molar-refractivity contribution in [3.63, 3.8) is 0 Å². The summed E-state index contributed by atoms with van der Waals surface area (Å²) in [5, 5.41) is 3.40. The largest absolute Gasteiger partial charge is 0.347 e. The Morgan fingerprint density at radius 3 is 3.00 bits per heavy atom. The van der Waals surface area contributed by atoms with Gasteiger partial charge in [0.2, 0.25) is 0 Å². The molecule has 0 aliphatic rings. The van der Waals surface area contributed by atoms with E-state index in [4.69, 9.17) is 11.6 Å². The van der Waals surface area contributed by atoms with Crippen molar-refractivity contribution in [1.82, 2.24) is 10.3 Å². The molecule has 17 heavy (non-hydrogen) atoms. The number of hydrogen-bond donors (Lipinski definition) is 1. The summed E-state index contributed by atoms with van der Waals surface area (Å²) >= 11 is 10.7. The molecule has 1 aromatic heterocycles. The van der Waals surface area contributed by atoms with Gasteiger partial charge in [0.1, 0.15) is 0 Å². The number of benzene rings is 1. The number of hydrogen-bond acceptors (Lipinski definition) is 3. The topological polar surface area (TPSA) is 42.0 Å². The van der Waals surface area contributed by atoms with Crippen LogP contribution in [0.25, 0.3) is 0 Å². The average Bonchev–Trinajstić information content (AvgIpc) is 2.82. The van der Waals surface area contributed by atoms with E-state index < -0.39 is 0 Å². The van der Waals surface area contributed by atoms with Crippen LogP contribution in [0.5, 0.6) is 0 Å². The van der Waals surface area contributed by atoms with E-state index in [0.29, 0.717) is 21.6 Å². The van der Waals surface area contributed by atoms with Crippen LogP contribution in [0.1, 0.15) is 15.2 Å². The highest BCUT2D eigenvalue weighted by molar-refractivity contribution is 9.10. The molecule has 0 aliphatic heterocycles. The zero-order chi connectivity index (χ0) is 12.3. The summed E-state index contributed by atoms with van der Waals surface area (Å²) < 4.78 is 0.713. The lowest BCUT2D eigenvalue weighted by atomic mass is 10.2. The minimum Gasteiger partial charge on any atom is -0.347 e. The van der Waals surface area contributed by atoms with Gasteiger partial charge in [0.15, 0.2) is 0 Å². The van der Waals surface area contributed by atoms with Gasteiger partial charge in [-0.3, -0.25) is 9.78 Å². The van der Waals surface area contributed by atoms with Gasteiger partial charge in [0.05, 0.1) is 17.1 Å². The van der Waals surface area contributed by atoms with Crippen LogP contribution in [0, 0.1) is 0 Å². The molecule has 0 aliphatic carbocycles. The van der Waals surface area contributed by atoms with Gasteiger partial charge in [-0.1, -0.05) is 11.6 Å². The van der Waals surface area contributed by atoms with Crippen LogP contribution >= 0.6 is 38.9 Å². The SMILES string of the molecule is O=C(NCc1cncs1)c1ccc(Cl)c(Br)c1. The van der Waals surface area contributed by atoms with Crippen LogP contribution in [-0.4, -0.2) is 10.9 Å². The highest BCUT2D eigenvalue weighted by Gasteiger charge is 2.07. The second-order valence-electron chi connectivity index (χ2n) is 3.28. The molecule has 2 rings (SSSR count). The molecule has 2 aromatic rings. The van der Waals surface area contributed by atoms with Gasteiger partial charge < -0.3 is 5.32 Å². The monoisotopic (exact) mass is 330 g/mol. The number of amides is 1. The molecule has 1 N–H and O–H groups in total. The number of nitrogens with one attached hydrogen (secondary N) is 1. The molecular formula is C11H8BrClN2OS. The van der Waals surface area contributed by atoms with E-state index in [0.717, 1.165) is 4.88 Å². The first-order valence-corrected chi connectivity index (χ1v) is 6.82. The minimum atomic E-state index is -0.129. The van der Waals surface area contributed by atoms with E-state index >= 15 is 0 Å². The molecule has 6 heteroatoms. The summed E-state index contributed by atoms with van der Waals surface area (Å²) in [7, 11) is 0. The summed E-state index contributed by atoms with van der Waals surface area (Å²) in [6, 6.07) is 5.08. The zero-order valence-corrected chi connectivity index (χ0v) is 11.8. The Labute approximate surface area is 116 Å². The Morgan fingerprint density at radius 1 is 1.53 bits per heavy atom. The van der Waals surface area contributed by atoms with E-state index in [2.05, 4.69) is 26.2 Å². The maximum absolute atomic E-state index is 11.8. The third-order valence-electron chi connectivity index (χ3n) is 2.09. The highest BCUT2D eigenvalue weighted by atomic mass is 79.9. The van der Waals surface area contributed by atoms with Crippen LogP contribution in [0.2, 0.25) is 5.02 Å². The molecule has 0 saturated heterocycles. The van der Waals surface area contributed by atoms with Gasteiger partial charge in [-0.15, -0.1) is 11.3 Å². The van der Waals surface area contributed by atoms with Gasteiger partial charge >= 0.3 is 0 Å². The quantitative estimate of drug-likeness (QED) is 0.935. The Morgan fingerprint density at radius 2 is 2.35 bits per heavy atom. The maximum atomic E-state index is 11.8. The highest BCUT2D eigenvalue weighted by Crippen LogP contribution is 2.23. The normalized spacial score (nSPS) is 10.2. The van der Waals surface area contributed by atoms with Crippen molar-refractivity contribution >= 4 is 44.8 Å². The Hall–Kier alpha value is -0.910. The first-order valence-electron chi connectivity index (χ1n) is 4.77. The van der Waals surface area contributed by atoms with Crippen molar-refractivity contribution in [1.29, 1.82) is 0 Å². The predicted molar refractivity (Wildman–Crippen MR) is 72.4 cm³/mol. The zero-order valence-electron chi connectivity index (χ0n) is 8.61. The smallest absolute Gasteiger partial charge is 0.251 e. The molecule has 1 heterocycles. The fourth-order valence-electron chi connectivity index (χ4n) is 1.24. The Kier molecular flexibility index (Phi) is 4.15. The van der Waals surface area contributed by atoms with E-state index in [9.17, 15) is 4.79 Å². The summed E-state index contributed by atoms with van der Waals surface area (Å²) in [5.74, 6) is -0.129. The second-order valence-corrected chi connectivity index (χ2v) is 5.51. The Balaban J connectivity index is 2.02. The van der Waals surface area contributed by atoms with Gasteiger partial charge in [-0.2, -0.15) is 0 Å². The standard InChI is InChI=1S/C11H8BrClN2OS/c12-9-3-7(1-2-10(9)13)11(16)15-5-8-4-14-6-17-8/h1-4,6H,5H2,(H,15,16). The maximum Gasteiger partial charge on any atom is 0.251 e. The van der Waals surface area contributed by atoms with Crippen molar-refractivity contribution < 1.29 is 4.79 Å². The fourth-order valence-corrected chi connectivity index (χ4v) is 2.27. The summed E-state index contributed by atoms with van der Waals surface area (Å²) in [5.41, 5.74) is 2.31. The number of nitrogens with zero attached hydrogens (tertiary/aromatic N) is 1. The third-order valence-corrected chi connectivity index (χ3v) is 4.08. The molecule has 0 radical (unpaired) electrons. The van der Waals surface area contributed by atoms with Crippen LogP contribution in [0.3, 0.4) is 0 Å². The van der Waals surface area contributed by atoms with Crippen LogP contribution in [-0.2, 0) is 6.54 Å². The van der Waals surface area contributed by atoms with E-state index in [1.807, 2.05) is 0 Å². The number of thiazole rings is 1. The molecule has 1 amide bonds. The number of rotatable bonds is 3. The van der Waals surface area contributed by atoms with Crippen LogP contribution in [0.15, 0.2) is 34.4 Å². The molecule has 0 bridgehead atoms. The summed E-state index contributed by atoms with van der Waals surface area (Å²) in [6.45, 7) is 0.490. The predicted octanol–water partition coefficient (Wildman–Crippen LogP) is 3.49. The summed E-state index contributed by atoms with van der Waals surface area (Å²) in [4.78, 5) is 16.8. The molecule has 3 nitrogen and oxygen atoms in total. The number of aromatic nitrogens is 1. The minimum absolute atomic E-state index is 0.129. The van der Waals surface area contributed by atoms with Gasteiger partial charge in [0, 0.05) is 21.1 Å². The van der Waals surface area contributed by atoms with Crippen molar-refractivity contribution in [2.24, 2.45) is 0 Å². The Bertz CT molecular complexity index is 530. The van der Waals surface area contributed by atoms with E-state index in [1.165, 1.54) is 11.3 Å². The first kappa shape index (κ1) is 12.5. The summed E-state index contributed by atoms with van der Waals surface area (Å²) in [6.07, 6.45) is 1.74. The molecule has 0 unspecified atom stereocenters. The molecular weight excluding hydrogens is 324 g/mol. The lowest BCUT2D eigenvalue weighted by molar-refractivity contribution is 0.0951. The average molecular weight is 332 g/mol. The number of halogens is 2. The van der Waals surface area contributed by atoms with Gasteiger partial charge in [-0.25, -0.2) is 0 Å². The molecule has 0 spiro atoms. The first-order chi connectivity index (χ1) is 8.16. The number of carbonyl (C=O) groups is 1. The third kappa shape index (κ3) is 3.28. The molecule has 1 aromatic carbocycles. The van der Waals surface area contributed by atoms with Crippen LogP contribution in [0.4, 0.5) is 0 Å². The number of carbonyl (C=O) groups excluding carboxylic acids is 1. The fraction of sp³-hybridized carbons (Fsp3) is 0.0909. The van der Waals surface area contributed by atoms with Crippen molar-refractivity contribution in [2.45, 2.75) is 6.54 Å². The van der Waals surface area contributed by atoms with Crippen molar-refractivity contribution in [3.05, 3.63) is 49.8 Å². The molecule has 88 valence electrons. The van der Waals surface area contributed by atoms with Gasteiger partial charge in [0.25, 0.3) is 5.91 Å². The van der Waals surface area contributed by atoms with Crippen molar-refractivity contribution in [3.8, 4) is 0 Å². The molecule has 0 fully saturated rings. The molecule has 0 atom stereocenters. The van der Waals surface area contributed by atoms with Crippen molar-refractivity contribution in [2.75, 3.05) is 0 Å². The van der Waals surface area contributed by atoms with Gasteiger partial charge in [-0.05, 0) is 34.1 Å². The van der Waals surface area contributed by atoms with Crippen LogP contribution < -0.4 is 5.32 Å². The van der Waals surface area contributed by atoms with E-state index in [1.54, 1.807) is 29.9 Å². The lowest BCUT2D eigenvalue weighted by Crippen LogP contribution is -2.22. The van der Waals surface area contributed by atoms with E-state index in [-0.39, 0.29) is 5.91 Å². The second kappa shape index (κ2) is 5.62. The molecule has 0 saturated carbocycles. The lowest BCUT2D eigenvalue weighted by Gasteiger charge is -2.04.